The van der Waals surface area contributed by atoms with E-state index >= 15 is 0 Å². The van der Waals surface area contributed by atoms with Gasteiger partial charge >= 0.3 is 6.03 Å². The Bertz CT molecular complexity index is 432. The van der Waals surface area contributed by atoms with Crippen LogP contribution < -0.4 is 15.4 Å². The third-order valence-corrected chi connectivity index (χ3v) is 2.72. The van der Waals surface area contributed by atoms with Gasteiger partial charge in [-0.2, -0.15) is 0 Å². The summed E-state index contributed by atoms with van der Waals surface area (Å²) >= 11 is 0. The summed E-state index contributed by atoms with van der Waals surface area (Å²) < 4.78 is 5.49. The highest BCUT2D eigenvalue weighted by atomic mass is 16.5. The quantitative estimate of drug-likeness (QED) is 0.713. The first-order chi connectivity index (χ1) is 9.88. The van der Waals surface area contributed by atoms with Gasteiger partial charge in [0.05, 0.1) is 0 Å². The van der Waals surface area contributed by atoms with Crippen molar-refractivity contribution in [1.82, 2.24) is 10.2 Å². The molecule has 3 N–H and O–H groups in total. The number of amides is 2. The second-order valence-corrected chi connectivity index (χ2v) is 5.38. The summed E-state index contributed by atoms with van der Waals surface area (Å²) in [6, 6.07) is 7.19. The van der Waals surface area contributed by atoms with Crippen LogP contribution in [0.3, 0.4) is 0 Å². The lowest BCUT2D eigenvalue weighted by atomic mass is 10.3. The van der Waals surface area contributed by atoms with Crippen molar-refractivity contribution in [2.24, 2.45) is 0 Å². The Kier molecular flexibility index (Phi) is 6.98. The van der Waals surface area contributed by atoms with Gasteiger partial charge in [0.2, 0.25) is 0 Å². The van der Waals surface area contributed by atoms with Gasteiger partial charge in [-0.25, -0.2) is 4.79 Å². The van der Waals surface area contributed by atoms with Gasteiger partial charge in [-0.3, -0.25) is 0 Å². The Morgan fingerprint density at radius 1 is 1.29 bits per heavy atom. The number of carbonyl (C=O) groups excluding carboxylic acids is 1. The van der Waals surface area contributed by atoms with Crippen LogP contribution in [-0.4, -0.2) is 55.4 Å². The van der Waals surface area contributed by atoms with Gasteiger partial charge < -0.3 is 25.4 Å². The van der Waals surface area contributed by atoms with E-state index in [9.17, 15) is 9.90 Å². The van der Waals surface area contributed by atoms with Gasteiger partial charge in [0.1, 0.15) is 18.5 Å². The zero-order chi connectivity index (χ0) is 15.8. The smallest absolute Gasteiger partial charge is 0.321 e. The van der Waals surface area contributed by atoms with Crippen molar-refractivity contribution in [3.8, 4) is 5.75 Å². The molecule has 1 rings (SSSR count). The monoisotopic (exact) mass is 295 g/mol. The van der Waals surface area contributed by atoms with Crippen LogP contribution in [0.1, 0.15) is 13.8 Å². The molecule has 0 spiro atoms. The highest BCUT2D eigenvalue weighted by molar-refractivity contribution is 5.88. The average molecular weight is 295 g/mol. The first-order valence-electron chi connectivity index (χ1n) is 7.01. The summed E-state index contributed by atoms with van der Waals surface area (Å²) in [5.41, 5.74) is 0.697. The largest absolute Gasteiger partial charge is 0.491 e. The number of aliphatic hydroxyl groups excluding tert-OH is 1. The van der Waals surface area contributed by atoms with Crippen LogP contribution in [0.5, 0.6) is 5.75 Å². The minimum atomic E-state index is -0.555. The first kappa shape index (κ1) is 17.3. The third kappa shape index (κ3) is 6.97. The first-order valence-corrected chi connectivity index (χ1v) is 7.01. The van der Waals surface area contributed by atoms with E-state index in [1.807, 2.05) is 13.8 Å². The number of nitrogens with zero attached hydrogens (tertiary/aromatic N) is 1. The molecule has 0 aliphatic heterocycles. The Balaban J connectivity index is 2.39. The fourth-order valence-electron chi connectivity index (χ4n) is 1.49. The molecule has 0 bridgehead atoms. The molecule has 0 radical (unpaired) electrons. The summed E-state index contributed by atoms with van der Waals surface area (Å²) in [6.07, 6.45) is -0.555. The molecule has 0 aliphatic rings. The number of carbonyl (C=O) groups is 1. The number of anilines is 1. The molecule has 2 amide bonds. The second kappa shape index (κ2) is 8.49. The maximum Gasteiger partial charge on any atom is 0.321 e. The zero-order valence-electron chi connectivity index (χ0n) is 13.1. The fourth-order valence-corrected chi connectivity index (χ4v) is 1.49. The molecule has 21 heavy (non-hydrogen) atoms. The second-order valence-electron chi connectivity index (χ2n) is 5.38. The Labute approximate surface area is 126 Å². The molecule has 1 unspecified atom stereocenters. The van der Waals surface area contributed by atoms with E-state index in [1.165, 1.54) is 4.90 Å². The van der Waals surface area contributed by atoms with Crippen LogP contribution in [-0.2, 0) is 0 Å². The minimum absolute atomic E-state index is 0.182. The Hall–Kier alpha value is -1.79. The van der Waals surface area contributed by atoms with Crippen molar-refractivity contribution in [3.05, 3.63) is 24.3 Å². The molecule has 0 fully saturated rings. The van der Waals surface area contributed by atoms with E-state index in [0.29, 0.717) is 24.0 Å². The maximum atomic E-state index is 11.5. The topological polar surface area (TPSA) is 73.8 Å². The number of rotatable bonds is 7. The van der Waals surface area contributed by atoms with Gasteiger partial charge in [0.15, 0.2) is 0 Å². The van der Waals surface area contributed by atoms with E-state index in [-0.39, 0.29) is 12.6 Å². The molecule has 1 atom stereocenters. The molecule has 0 saturated carbocycles. The molecule has 6 nitrogen and oxygen atoms in total. The Morgan fingerprint density at radius 3 is 2.43 bits per heavy atom. The van der Waals surface area contributed by atoms with Gasteiger partial charge in [-0.05, 0) is 24.3 Å². The van der Waals surface area contributed by atoms with Gasteiger partial charge in [0, 0.05) is 32.4 Å². The molecule has 0 saturated heterocycles. The number of hydrogen-bond donors (Lipinski definition) is 3. The molecule has 1 aromatic rings. The van der Waals surface area contributed by atoms with Crippen molar-refractivity contribution in [2.45, 2.75) is 26.0 Å². The lowest BCUT2D eigenvalue weighted by Crippen LogP contribution is -2.35. The van der Waals surface area contributed by atoms with Gasteiger partial charge in [-0.15, -0.1) is 0 Å². The van der Waals surface area contributed by atoms with Crippen LogP contribution in [0, 0.1) is 0 Å². The summed E-state index contributed by atoms with van der Waals surface area (Å²) in [5, 5.41) is 15.6. The number of hydrogen-bond acceptors (Lipinski definition) is 4. The van der Waals surface area contributed by atoms with Crippen LogP contribution in [0.15, 0.2) is 24.3 Å². The van der Waals surface area contributed by atoms with Crippen LogP contribution in [0.2, 0.25) is 0 Å². The van der Waals surface area contributed by atoms with Crippen molar-refractivity contribution >= 4 is 11.7 Å². The number of aliphatic hydroxyl groups is 1. The highest BCUT2D eigenvalue weighted by Gasteiger charge is 2.07. The van der Waals surface area contributed by atoms with Crippen molar-refractivity contribution in [3.63, 3.8) is 0 Å². The van der Waals surface area contributed by atoms with Crippen LogP contribution in [0.4, 0.5) is 10.5 Å². The predicted molar refractivity (Wildman–Crippen MR) is 83.8 cm³/mol. The van der Waals surface area contributed by atoms with Crippen LogP contribution in [0.25, 0.3) is 0 Å². The molecule has 118 valence electrons. The summed E-state index contributed by atoms with van der Waals surface area (Å²) in [7, 11) is 3.36. The zero-order valence-corrected chi connectivity index (χ0v) is 13.1. The van der Waals surface area contributed by atoms with E-state index < -0.39 is 6.10 Å². The van der Waals surface area contributed by atoms with E-state index in [0.717, 1.165) is 0 Å². The number of nitrogens with one attached hydrogen (secondary N) is 2. The SMILES string of the molecule is CC(C)NCC(O)COc1ccc(NC(=O)N(C)C)cc1. The van der Waals surface area contributed by atoms with Crippen molar-refractivity contribution < 1.29 is 14.6 Å². The van der Waals surface area contributed by atoms with E-state index in [4.69, 9.17) is 4.74 Å². The predicted octanol–water partition coefficient (Wildman–Crippen LogP) is 1.52. The summed E-state index contributed by atoms with van der Waals surface area (Å²) in [4.78, 5) is 12.9. The molecule has 0 aliphatic carbocycles. The molecular formula is C15H25N3O3. The number of urea groups is 1. The fraction of sp³-hybridized carbons (Fsp3) is 0.533. The lowest BCUT2D eigenvalue weighted by Gasteiger charge is -2.15. The van der Waals surface area contributed by atoms with Gasteiger partial charge in [0.25, 0.3) is 0 Å². The summed E-state index contributed by atoms with van der Waals surface area (Å²) in [5.74, 6) is 0.654. The number of ether oxygens (including phenoxy) is 1. The average Bonchev–Trinajstić information content (AvgIpc) is 2.44. The van der Waals surface area contributed by atoms with Crippen molar-refractivity contribution in [2.75, 3.05) is 32.6 Å². The molecular weight excluding hydrogens is 270 g/mol. The van der Waals surface area contributed by atoms with E-state index in [2.05, 4.69) is 10.6 Å². The maximum absolute atomic E-state index is 11.5. The molecule has 1 aromatic carbocycles. The standard InChI is InChI=1S/C15H25N3O3/c1-11(2)16-9-13(19)10-21-14-7-5-12(6-8-14)17-15(20)18(3)4/h5-8,11,13,16,19H,9-10H2,1-4H3,(H,17,20). The highest BCUT2D eigenvalue weighted by Crippen LogP contribution is 2.16. The molecule has 0 heterocycles. The number of benzene rings is 1. The summed E-state index contributed by atoms with van der Waals surface area (Å²) in [6.45, 7) is 4.76. The van der Waals surface area contributed by atoms with Crippen molar-refractivity contribution in [1.29, 1.82) is 0 Å². The minimum Gasteiger partial charge on any atom is -0.491 e. The van der Waals surface area contributed by atoms with E-state index in [1.54, 1.807) is 38.4 Å². The Morgan fingerprint density at radius 2 is 1.90 bits per heavy atom. The normalized spacial score (nSPS) is 12.1. The lowest BCUT2D eigenvalue weighted by molar-refractivity contribution is 0.104. The van der Waals surface area contributed by atoms with Crippen LogP contribution >= 0.6 is 0 Å². The van der Waals surface area contributed by atoms with Gasteiger partial charge in [-0.1, -0.05) is 13.8 Å². The third-order valence-electron chi connectivity index (χ3n) is 2.72. The molecule has 6 heteroatoms. The molecule has 0 aromatic heterocycles.